The zero-order valence-corrected chi connectivity index (χ0v) is 12.1. The van der Waals surface area contributed by atoms with Crippen LogP contribution in [0.25, 0.3) is 22.4 Å². The highest BCUT2D eigenvalue weighted by Gasteiger charge is 2.07. The van der Waals surface area contributed by atoms with Gasteiger partial charge in [-0.3, -0.25) is 0 Å². The molecule has 1 N–H and O–H groups in total. The molecule has 5 nitrogen and oxygen atoms in total. The number of nitrogens with zero attached hydrogens (tertiary/aromatic N) is 3. The normalized spacial score (nSPS) is 10.0. The Morgan fingerprint density at radius 3 is 2.75 bits per heavy atom. The van der Waals surface area contributed by atoms with Crippen LogP contribution in [0.2, 0.25) is 0 Å². The van der Waals surface area contributed by atoms with E-state index in [0.717, 1.165) is 28.0 Å². The van der Waals surface area contributed by atoms with Gasteiger partial charge in [0.2, 0.25) is 5.88 Å². The van der Waals surface area contributed by atoms with Gasteiger partial charge in [-0.2, -0.15) is 0 Å². The molecule has 104 valence electrons. The molecule has 0 saturated heterocycles. The summed E-state index contributed by atoms with van der Waals surface area (Å²) in [5, 5.41) is 0. The van der Waals surface area contributed by atoms with Gasteiger partial charge in [-0.25, -0.2) is 15.0 Å². The van der Waals surface area contributed by atoms with Gasteiger partial charge in [0, 0.05) is 24.0 Å². The number of aryl methyl sites for hydroxylation is 1. The maximum atomic E-state index is 5.11. The van der Waals surface area contributed by atoms with Crippen LogP contribution in [0.1, 0.15) is 19.4 Å². The summed E-state index contributed by atoms with van der Waals surface area (Å²) in [5.41, 5.74) is 4.53. The van der Waals surface area contributed by atoms with Gasteiger partial charge in [0.1, 0.15) is 5.52 Å². The van der Waals surface area contributed by atoms with Crippen molar-refractivity contribution in [3.63, 3.8) is 0 Å². The van der Waals surface area contributed by atoms with Gasteiger partial charge in [-0.1, -0.05) is 13.8 Å². The van der Waals surface area contributed by atoms with Crippen molar-refractivity contribution in [1.82, 2.24) is 19.9 Å². The van der Waals surface area contributed by atoms with E-state index in [0.29, 0.717) is 5.88 Å². The van der Waals surface area contributed by atoms with Crippen molar-refractivity contribution in [2.24, 2.45) is 0 Å². The number of methoxy groups -OCH3 is 1. The number of hydrogen-bond donors (Lipinski definition) is 1. The molecule has 3 aromatic heterocycles. The van der Waals surface area contributed by atoms with Crippen LogP contribution in [-0.4, -0.2) is 27.0 Å². The van der Waals surface area contributed by atoms with E-state index in [1.807, 2.05) is 39.1 Å². The first kappa shape index (κ1) is 14.0. The standard InChI is InChI=1S/C13H12N4O.C2H6/c1-8-6-15-13-12(8)17-10(7-16-13)9-3-4-14-11(5-9)18-2;1-2/h3-7H,1-2H3,(H,15,16);1-2H3. The van der Waals surface area contributed by atoms with Crippen molar-refractivity contribution >= 4 is 11.2 Å². The van der Waals surface area contributed by atoms with Crippen LogP contribution in [0.4, 0.5) is 0 Å². The third-order valence-electron chi connectivity index (χ3n) is 2.81. The molecule has 5 heteroatoms. The average Bonchev–Trinajstić information content (AvgIpc) is 2.90. The van der Waals surface area contributed by atoms with E-state index in [-0.39, 0.29) is 0 Å². The van der Waals surface area contributed by atoms with Gasteiger partial charge in [0.25, 0.3) is 0 Å². The molecule has 3 rings (SSSR count). The fourth-order valence-corrected chi connectivity index (χ4v) is 1.83. The predicted octanol–water partition coefficient (Wildman–Crippen LogP) is 3.36. The number of hydrogen-bond acceptors (Lipinski definition) is 4. The first-order chi connectivity index (χ1) is 9.78. The van der Waals surface area contributed by atoms with Crippen molar-refractivity contribution in [1.29, 1.82) is 0 Å². The molecule has 0 amide bonds. The number of ether oxygens (including phenoxy) is 1. The number of H-pyrrole nitrogens is 1. The summed E-state index contributed by atoms with van der Waals surface area (Å²) in [6.07, 6.45) is 5.35. The lowest BCUT2D eigenvalue weighted by atomic mass is 10.2. The molecule has 0 aliphatic carbocycles. The lowest BCUT2D eigenvalue weighted by molar-refractivity contribution is 0.398. The molecule has 0 fully saturated rings. The molecule has 3 aromatic rings. The zero-order chi connectivity index (χ0) is 14.5. The third kappa shape index (κ3) is 2.61. The summed E-state index contributed by atoms with van der Waals surface area (Å²) in [6, 6.07) is 3.73. The summed E-state index contributed by atoms with van der Waals surface area (Å²) in [5.74, 6) is 0.570. The number of fused-ring (bicyclic) bond motifs is 1. The lowest BCUT2D eigenvalue weighted by Gasteiger charge is -2.03. The minimum atomic E-state index is 0.570. The minimum absolute atomic E-state index is 0.570. The summed E-state index contributed by atoms with van der Waals surface area (Å²) in [4.78, 5) is 16.1. The Labute approximate surface area is 118 Å². The SMILES string of the molecule is CC.COc1cc(-c2cnc3[nH]cc(C)c3n2)ccn1. The average molecular weight is 270 g/mol. The minimum Gasteiger partial charge on any atom is -0.481 e. The van der Waals surface area contributed by atoms with Crippen LogP contribution in [0.15, 0.2) is 30.7 Å². The molecule has 0 atom stereocenters. The van der Waals surface area contributed by atoms with E-state index < -0.39 is 0 Å². The third-order valence-corrected chi connectivity index (χ3v) is 2.81. The topological polar surface area (TPSA) is 63.7 Å². The highest BCUT2D eigenvalue weighted by molar-refractivity contribution is 5.77. The monoisotopic (exact) mass is 270 g/mol. The van der Waals surface area contributed by atoms with Gasteiger partial charge < -0.3 is 9.72 Å². The van der Waals surface area contributed by atoms with Crippen LogP contribution < -0.4 is 4.74 Å². The first-order valence-corrected chi connectivity index (χ1v) is 6.59. The zero-order valence-electron chi connectivity index (χ0n) is 12.1. The van der Waals surface area contributed by atoms with E-state index in [2.05, 4.69) is 19.9 Å². The second-order valence-corrected chi connectivity index (χ2v) is 4.01. The van der Waals surface area contributed by atoms with Gasteiger partial charge in [-0.05, 0) is 18.6 Å². The Balaban J connectivity index is 0.000000704. The summed E-state index contributed by atoms with van der Waals surface area (Å²) in [6.45, 7) is 6.00. The van der Waals surface area contributed by atoms with Crippen molar-refractivity contribution in [2.45, 2.75) is 20.8 Å². The van der Waals surface area contributed by atoms with Crippen LogP contribution >= 0.6 is 0 Å². The van der Waals surface area contributed by atoms with Gasteiger partial charge in [0.05, 0.1) is 19.0 Å². The largest absolute Gasteiger partial charge is 0.481 e. The van der Waals surface area contributed by atoms with Crippen molar-refractivity contribution in [3.8, 4) is 17.1 Å². The van der Waals surface area contributed by atoms with E-state index in [4.69, 9.17) is 4.74 Å². The highest BCUT2D eigenvalue weighted by Crippen LogP contribution is 2.22. The fraction of sp³-hybridized carbons (Fsp3) is 0.267. The lowest BCUT2D eigenvalue weighted by Crippen LogP contribution is -1.91. The quantitative estimate of drug-likeness (QED) is 0.775. The second-order valence-electron chi connectivity index (χ2n) is 4.01. The molecule has 0 unspecified atom stereocenters. The molecule has 0 aliphatic rings. The number of aromatic amines is 1. The van der Waals surface area contributed by atoms with Crippen LogP contribution in [0.3, 0.4) is 0 Å². The van der Waals surface area contributed by atoms with E-state index >= 15 is 0 Å². The smallest absolute Gasteiger partial charge is 0.213 e. The Kier molecular flexibility index (Phi) is 4.30. The molecule has 0 saturated carbocycles. The molecule has 0 radical (unpaired) electrons. The fourth-order valence-electron chi connectivity index (χ4n) is 1.83. The molecule has 20 heavy (non-hydrogen) atoms. The molecule has 0 aromatic carbocycles. The Hall–Kier alpha value is -2.43. The van der Waals surface area contributed by atoms with E-state index in [1.54, 1.807) is 19.5 Å². The van der Waals surface area contributed by atoms with Gasteiger partial charge >= 0.3 is 0 Å². The Morgan fingerprint density at radius 2 is 2.00 bits per heavy atom. The summed E-state index contributed by atoms with van der Waals surface area (Å²) < 4.78 is 5.11. The van der Waals surface area contributed by atoms with Crippen LogP contribution in [0, 0.1) is 6.92 Å². The number of nitrogens with one attached hydrogen (secondary N) is 1. The van der Waals surface area contributed by atoms with Crippen LogP contribution in [0.5, 0.6) is 5.88 Å². The Bertz CT molecular complexity index is 706. The summed E-state index contributed by atoms with van der Waals surface area (Å²) in [7, 11) is 1.59. The molecule has 0 spiro atoms. The van der Waals surface area contributed by atoms with Crippen molar-refractivity contribution < 1.29 is 4.74 Å². The number of rotatable bonds is 2. The van der Waals surface area contributed by atoms with Crippen LogP contribution in [-0.2, 0) is 0 Å². The van der Waals surface area contributed by atoms with E-state index in [1.165, 1.54) is 0 Å². The molecule has 3 heterocycles. The van der Waals surface area contributed by atoms with Gasteiger partial charge in [-0.15, -0.1) is 0 Å². The number of aromatic nitrogens is 4. The maximum absolute atomic E-state index is 5.11. The second kappa shape index (κ2) is 6.14. The molecule has 0 aliphatic heterocycles. The van der Waals surface area contributed by atoms with E-state index in [9.17, 15) is 0 Å². The van der Waals surface area contributed by atoms with Gasteiger partial charge in [0.15, 0.2) is 5.65 Å². The molecule has 0 bridgehead atoms. The highest BCUT2D eigenvalue weighted by atomic mass is 16.5. The maximum Gasteiger partial charge on any atom is 0.213 e. The molecular formula is C15H18N4O. The number of pyridine rings is 1. The van der Waals surface area contributed by atoms with Crippen molar-refractivity contribution in [3.05, 3.63) is 36.3 Å². The van der Waals surface area contributed by atoms with Crippen molar-refractivity contribution in [2.75, 3.05) is 7.11 Å². The first-order valence-electron chi connectivity index (χ1n) is 6.59. The molecular weight excluding hydrogens is 252 g/mol. The predicted molar refractivity (Wildman–Crippen MR) is 79.8 cm³/mol. The Morgan fingerprint density at radius 1 is 1.20 bits per heavy atom. The summed E-state index contributed by atoms with van der Waals surface area (Å²) >= 11 is 0.